The summed E-state index contributed by atoms with van der Waals surface area (Å²) < 4.78 is 0. The van der Waals surface area contributed by atoms with Gasteiger partial charge in [-0.3, -0.25) is 4.79 Å². The summed E-state index contributed by atoms with van der Waals surface area (Å²) in [6.45, 7) is 0.711. The maximum atomic E-state index is 11.2. The summed E-state index contributed by atoms with van der Waals surface area (Å²) in [6, 6.07) is 15.4. The van der Waals surface area contributed by atoms with Crippen LogP contribution in [0.15, 0.2) is 60.8 Å². The van der Waals surface area contributed by atoms with Crippen molar-refractivity contribution >= 4 is 23.1 Å². The minimum absolute atomic E-state index is 0.360. The van der Waals surface area contributed by atoms with Crippen LogP contribution in [0.4, 0.5) is 11.6 Å². The fraction of sp³-hybridized carbons (Fsp3) is 0.136. The number of anilines is 2. The quantitative estimate of drug-likeness (QED) is 0.616. The average molecular weight is 371 g/mol. The molecule has 4 rings (SSSR count). The van der Waals surface area contributed by atoms with Crippen molar-refractivity contribution in [1.82, 2.24) is 9.97 Å². The third-order valence-corrected chi connectivity index (χ3v) is 4.88. The van der Waals surface area contributed by atoms with Crippen LogP contribution in [0, 0.1) is 0 Å². The van der Waals surface area contributed by atoms with Crippen molar-refractivity contribution in [2.24, 2.45) is 5.73 Å². The summed E-state index contributed by atoms with van der Waals surface area (Å²) in [4.78, 5) is 20.1. The van der Waals surface area contributed by atoms with Crippen LogP contribution < -0.4 is 16.8 Å². The van der Waals surface area contributed by atoms with Crippen molar-refractivity contribution in [3.8, 4) is 11.3 Å². The van der Waals surface area contributed by atoms with Crippen molar-refractivity contribution in [2.75, 3.05) is 17.6 Å². The molecule has 28 heavy (non-hydrogen) atoms. The van der Waals surface area contributed by atoms with E-state index in [1.165, 1.54) is 16.7 Å². The SMILES string of the molecule is NC(=O)c1ccc(-c2cnc(N)c(NCCC3=CCc4ccccc43)n2)cc1. The number of rotatable bonds is 6. The number of allylic oxidation sites excluding steroid dienone is 1. The first-order chi connectivity index (χ1) is 13.6. The summed E-state index contributed by atoms with van der Waals surface area (Å²) in [5.74, 6) is 0.460. The molecule has 0 unspecified atom stereocenters. The number of primary amides is 1. The molecular weight excluding hydrogens is 350 g/mol. The zero-order chi connectivity index (χ0) is 19.5. The Morgan fingerprint density at radius 3 is 2.68 bits per heavy atom. The van der Waals surface area contributed by atoms with Gasteiger partial charge in [-0.2, -0.15) is 0 Å². The second-order valence-electron chi connectivity index (χ2n) is 6.70. The molecule has 0 spiro atoms. The van der Waals surface area contributed by atoms with Gasteiger partial charge in [0.2, 0.25) is 5.91 Å². The molecule has 0 saturated carbocycles. The van der Waals surface area contributed by atoms with E-state index in [0.717, 1.165) is 18.4 Å². The highest BCUT2D eigenvalue weighted by Crippen LogP contribution is 2.29. The average Bonchev–Trinajstić information content (AvgIpc) is 3.13. The van der Waals surface area contributed by atoms with Gasteiger partial charge in [0.15, 0.2) is 11.6 Å². The lowest BCUT2D eigenvalue weighted by molar-refractivity contribution is 0.100. The minimum atomic E-state index is -0.458. The molecule has 1 heterocycles. The normalized spacial score (nSPS) is 12.4. The van der Waals surface area contributed by atoms with Gasteiger partial charge in [0.1, 0.15) is 0 Å². The smallest absolute Gasteiger partial charge is 0.248 e. The number of hydrogen-bond acceptors (Lipinski definition) is 5. The number of aromatic nitrogens is 2. The number of benzene rings is 2. The predicted octanol–water partition coefficient (Wildman–Crippen LogP) is 3.27. The van der Waals surface area contributed by atoms with Gasteiger partial charge in [0, 0.05) is 17.7 Å². The molecule has 0 aliphatic heterocycles. The Balaban J connectivity index is 1.45. The topological polar surface area (TPSA) is 107 Å². The Kier molecular flexibility index (Phi) is 4.76. The van der Waals surface area contributed by atoms with Gasteiger partial charge in [0.05, 0.1) is 11.9 Å². The number of fused-ring (bicyclic) bond motifs is 1. The second-order valence-corrected chi connectivity index (χ2v) is 6.70. The van der Waals surface area contributed by atoms with Crippen LogP contribution in [0.25, 0.3) is 16.8 Å². The molecule has 0 saturated heterocycles. The number of hydrogen-bond donors (Lipinski definition) is 3. The van der Waals surface area contributed by atoms with Gasteiger partial charge in [-0.15, -0.1) is 0 Å². The third-order valence-electron chi connectivity index (χ3n) is 4.88. The first kappa shape index (κ1) is 17.7. The number of nitrogens with two attached hydrogens (primary N) is 2. The van der Waals surface area contributed by atoms with E-state index in [0.29, 0.717) is 29.4 Å². The van der Waals surface area contributed by atoms with Gasteiger partial charge in [0.25, 0.3) is 0 Å². The van der Waals surface area contributed by atoms with Crippen molar-refractivity contribution < 1.29 is 4.79 Å². The molecule has 0 fully saturated rings. The molecule has 3 aromatic rings. The molecule has 1 aliphatic carbocycles. The van der Waals surface area contributed by atoms with Gasteiger partial charge >= 0.3 is 0 Å². The summed E-state index contributed by atoms with van der Waals surface area (Å²) in [6.07, 6.45) is 5.77. The number of nitrogens with zero attached hydrogens (tertiary/aromatic N) is 2. The van der Waals surface area contributed by atoms with Crippen LogP contribution in [-0.2, 0) is 6.42 Å². The highest BCUT2D eigenvalue weighted by Gasteiger charge is 2.13. The molecule has 1 aromatic heterocycles. The van der Waals surface area contributed by atoms with Crippen molar-refractivity contribution in [2.45, 2.75) is 12.8 Å². The standard InChI is InChI=1S/C22H21N5O/c23-20-22(25-12-11-15-6-5-14-3-1-2-4-18(14)15)27-19(13-26-20)16-7-9-17(10-8-16)21(24)28/h1-4,6-10,13H,5,11-12H2,(H2,23,26)(H2,24,28)(H,25,27). The third kappa shape index (κ3) is 3.57. The maximum absolute atomic E-state index is 11.2. The van der Waals surface area contributed by atoms with Gasteiger partial charge < -0.3 is 16.8 Å². The lowest BCUT2D eigenvalue weighted by atomic mass is 10.0. The van der Waals surface area contributed by atoms with Crippen LogP contribution in [0.2, 0.25) is 0 Å². The number of nitrogens with one attached hydrogen (secondary N) is 1. The zero-order valence-corrected chi connectivity index (χ0v) is 15.4. The van der Waals surface area contributed by atoms with Gasteiger partial charge in [-0.25, -0.2) is 9.97 Å². The molecule has 2 aromatic carbocycles. The van der Waals surface area contributed by atoms with Crippen molar-refractivity contribution in [1.29, 1.82) is 0 Å². The van der Waals surface area contributed by atoms with Gasteiger partial charge in [-0.05, 0) is 41.7 Å². The molecule has 6 nitrogen and oxygen atoms in total. The van der Waals surface area contributed by atoms with E-state index >= 15 is 0 Å². The second kappa shape index (κ2) is 7.52. The van der Waals surface area contributed by atoms with Gasteiger partial charge in [-0.1, -0.05) is 42.5 Å². The predicted molar refractivity (Wildman–Crippen MR) is 112 cm³/mol. The molecule has 0 bridgehead atoms. The minimum Gasteiger partial charge on any atom is -0.381 e. The fourth-order valence-corrected chi connectivity index (χ4v) is 3.38. The Hall–Kier alpha value is -3.67. The molecule has 6 heteroatoms. The van der Waals surface area contributed by atoms with E-state index < -0.39 is 5.91 Å². The van der Waals surface area contributed by atoms with Crippen molar-refractivity contribution in [3.05, 3.63) is 77.5 Å². The van der Waals surface area contributed by atoms with E-state index in [4.69, 9.17) is 11.5 Å². The summed E-state index contributed by atoms with van der Waals surface area (Å²) in [7, 11) is 0. The summed E-state index contributed by atoms with van der Waals surface area (Å²) in [5.41, 5.74) is 17.3. The molecule has 1 aliphatic rings. The highest BCUT2D eigenvalue weighted by molar-refractivity contribution is 5.93. The summed E-state index contributed by atoms with van der Waals surface area (Å²) >= 11 is 0. The van der Waals surface area contributed by atoms with Crippen LogP contribution >= 0.6 is 0 Å². The molecule has 0 radical (unpaired) electrons. The number of carbonyl (C=O) groups is 1. The molecule has 0 atom stereocenters. The van der Waals surface area contributed by atoms with E-state index in [-0.39, 0.29) is 0 Å². The lowest BCUT2D eigenvalue weighted by Crippen LogP contribution is -2.10. The largest absolute Gasteiger partial charge is 0.381 e. The van der Waals surface area contributed by atoms with Crippen LogP contribution in [0.3, 0.4) is 0 Å². The Morgan fingerprint density at radius 1 is 1.11 bits per heavy atom. The fourth-order valence-electron chi connectivity index (χ4n) is 3.38. The van der Waals surface area contributed by atoms with Crippen LogP contribution in [0.1, 0.15) is 27.9 Å². The molecule has 1 amide bonds. The number of carbonyl (C=O) groups excluding carboxylic acids is 1. The first-order valence-electron chi connectivity index (χ1n) is 9.16. The number of amides is 1. The Morgan fingerprint density at radius 2 is 1.89 bits per heavy atom. The highest BCUT2D eigenvalue weighted by atomic mass is 16.1. The Bertz CT molecular complexity index is 1060. The summed E-state index contributed by atoms with van der Waals surface area (Å²) in [5, 5.41) is 3.30. The molecule has 140 valence electrons. The van der Waals surface area contributed by atoms with E-state index in [1.807, 2.05) is 0 Å². The van der Waals surface area contributed by atoms with E-state index in [2.05, 4.69) is 45.6 Å². The van der Waals surface area contributed by atoms with Crippen molar-refractivity contribution in [3.63, 3.8) is 0 Å². The molecule has 5 N–H and O–H groups in total. The first-order valence-corrected chi connectivity index (χ1v) is 9.16. The van der Waals surface area contributed by atoms with E-state index in [9.17, 15) is 4.79 Å². The lowest BCUT2D eigenvalue weighted by Gasteiger charge is -2.11. The maximum Gasteiger partial charge on any atom is 0.248 e. The Labute approximate surface area is 163 Å². The van der Waals surface area contributed by atoms with E-state index in [1.54, 1.807) is 30.5 Å². The van der Waals surface area contributed by atoms with Crippen LogP contribution in [0.5, 0.6) is 0 Å². The van der Waals surface area contributed by atoms with Crippen LogP contribution in [-0.4, -0.2) is 22.4 Å². The molecular formula is C22H21N5O. The number of nitrogen functional groups attached to an aromatic ring is 1. The monoisotopic (exact) mass is 371 g/mol. The zero-order valence-electron chi connectivity index (χ0n) is 15.4.